The number of allylic oxidation sites excluding steroid dienone is 1. The summed E-state index contributed by atoms with van der Waals surface area (Å²) in [6, 6.07) is 8.62. The molecule has 1 saturated heterocycles. The molecule has 1 fully saturated rings. The highest BCUT2D eigenvalue weighted by atomic mass is 16.6. The maximum absolute atomic E-state index is 12.2. The molecule has 5 nitrogen and oxygen atoms in total. The quantitative estimate of drug-likeness (QED) is 0.322. The van der Waals surface area contributed by atoms with E-state index in [1.165, 1.54) is 32.1 Å². The molecule has 0 saturated carbocycles. The molecule has 1 aromatic rings. The molecule has 5 heteroatoms. The number of rotatable bonds is 12. The van der Waals surface area contributed by atoms with E-state index < -0.39 is 17.5 Å². The molecular weight excluding hydrogens is 356 g/mol. The highest BCUT2D eigenvalue weighted by Gasteiger charge is 2.44. The number of carbonyl (C=O) groups excluding carboxylic acids is 2. The third-order valence-corrected chi connectivity index (χ3v) is 5.05. The zero-order chi connectivity index (χ0) is 20.2. The molecule has 0 aromatic heterocycles. The van der Waals surface area contributed by atoms with Gasteiger partial charge in [0.1, 0.15) is 6.61 Å². The average molecular weight is 389 g/mol. The van der Waals surface area contributed by atoms with Gasteiger partial charge in [-0.1, -0.05) is 69.7 Å². The minimum atomic E-state index is -1.17. The van der Waals surface area contributed by atoms with E-state index >= 15 is 0 Å². The Hall–Kier alpha value is -2.14. The Labute approximate surface area is 167 Å². The van der Waals surface area contributed by atoms with Gasteiger partial charge in [-0.25, -0.2) is 9.59 Å². The number of ether oxygens (including phenoxy) is 2. The van der Waals surface area contributed by atoms with Gasteiger partial charge in [0.05, 0.1) is 12.2 Å². The number of benzene rings is 1. The van der Waals surface area contributed by atoms with E-state index in [1.807, 2.05) is 12.1 Å². The highest BCUT2D eigenvalue weighted by Crippen LogP contribution is 2.31. The number of aliphatic hydroxyl groups excluding tert-OH is 1. The minimum absolute atomic E-state index is 0.155. The van der Waals surface area contributed by atoms with Crippen LogP contribution in [0.15, 0.2) is 42.0 Å². The van der Waals surface area contributed by atoms with Crippen molar-refractivity contribution in [3.63, 3.8) is 0 Å². The maximum Gasteiger partial charge on any atom is 0.338 e. The normalized spacial score (nSPS) is 20.4. The van der Waals surface area contributed by atoms with Crippen LogP contribution in [0.3, 0.4) is 0 Å². The number of hydrogen-bond acceptors (Lipinski definition) is 5. The van der Waals surface area contributed by atoms with E-state index in [0.717, 1.165) is 19.3 Å². The van der Waals surface area contributed by atoms with Crippen molar-refractivity contribution in [2.75, 3.05) is 13.2 Å². The standard InChI is InChI=1S/C23H32O5/c1-2-3-4-5-6-7-8-10-15-20-16-23(17-24,28-22(20)26)18-27-21(25)19-13-11-9-12-14-19/h9,11-15,24H,2-8,10,16-18H2,1H3/b20-15-. The molecule has 1 aliphatic rings. The van der Waals surface area contributed by atoms with E-state index in [4.69, 9.17) is 9.47 Å². The lowest BCUT2D eigenvalue weighted by Crippen LogP contribution is -2.39. The molecule has 0 bridgehead atoms. The minimum Gasteiger partial charge on any atom is -0.458 e. The van der Waals surface area contributed by atoms with Crippen molar-refractivity contribution in [2.24, 2.45) is 0 Å². The third kappa shape index (κ3) is 6.79. The molecule has 154 valence electrons. The fraction of sp³-hybridized carbons (Fsp3) is 0.565. The van der Waals surface area contributed by atoms with Gasteiger partial charge in [0.25, 0.3) is 0 Å². The van der Waals surface area contributed by atoms with Gasteiger partial charge in [0, 0.05) is 12.0 Å². The Morgan fingerprint density at radius 2 is 1.82 bits per heavy atom. The number of carbonyl (C=O) groups is 2. The second-order valence-corrected chi connectivity index (χ2v) is 7.49. The van der Waals surface area contributed by atoms with Gasteiger partial charge in [-0.2, -0.15) is 0 Å². The molecule has 1 aliphatic heterocycles. The summed E-state index contributed by atoms with van der Waals surface area (Å²) >= 11 is 0. The van der Waals surface area contributed by atoms with Crippen molar-refractivity contribution < 1.29 is 24.2 Å². The molecule has 0 aliphatic carbocycles. The summed E-state index contributed by atoms with van der Waals surface area (Å²) in [5.74, 6) is -0.919. The first kappa shape index (κ1) is 22.2. The van der Waals surface area contributed by atoms with Crippen molar-refractivity contribution in [2.45, 2.75) is 70.3 Å². The number of esters is 2. The molecule has 1 atom stereocenters. The zero-order valence-corrected chi connectivity index (χ0v) is 16.8. The van der Waals surface area contributed by atoms with Gasteiger partial charge in [-0.05, 0) is 25.0 Å². The number of hydrogen-bond donors (Lipinski definition) is 1. The average Bonchev–Trinajstić information content (AvgIpc) is 3.05. The Kier molecular flexibility index (Phi) is 9.21. The predicted octanol–water partition coefficient (Wildman–Crippen LogP) is 4.59. The van der Waals surface area contributed by atoms with Gasteiger partial charge in [0.15, 0.2) is 5.60 Å². The lowest BCUT2D eigenvalue weighted by molar-refractivity contribution is -0.154. The molecule has 0 amide bonds. The summed E-state index contributed by atoms with van der Waals surface area (Å²) in [4.78, 5) is 24.3. The van der Waals surface area contributed by atoms with Crippen LogP contribution >= 0.6 is 0 Å². The Morgan fingerprint density at radius 3 is 2.50 bits per heavy atom. The maximum atomic E-state index is 12.2. The molecule has 28 heavy (non-hydrogen) atoms. The van der Waals surface area contributed by atoms with Gasteiger partial charge >= 0.3 is 11.9 Å². The summed E-state index contributed by atoms with van der Waals surface area (Å²) in [7, 11) is 0. The SMILES string of the molecule is CCCCCCCCC/C=C1/CC(CO)(COC(=O)c2ccccc2)OC1=O. The van der Waals surface area contributed by atoms with Gasteiger partial charge < -0.3 is 14.6 Å². The number of unbranched alkanes of at least 4 members (excludes halogenated alkanes) is 7. The van der Waals surface area contributed by atoms with Crippen LogP contribution in [0.25, 0.3) is 0 Å². The van der Waals surface area contributed by atoms with E-state index in [9.17, 15) is 14.7 Å². The smallest absolute Gasteiger partial charge is 0.338 e. The molecule has 1 heterocycles. The van der Waals surface area contributed by atoms with Crippen LogP contribution in [-0.2, 0) is 14.3 Å². The summed E-state index contributed by atoms with van der Waals surface area (Å²) in [5, 5.41) is 9.75. The third-order valence-electron chi connectivity index (χ3n) is 5.05. The fourth-order valence-corrected chi connectivity index (χ4v) is 3.32. The zero-order valence-electron chi connectivity index (χ0n) is 16.8. The van der Waals surface area contributed by atoms with Crippen molar-refractivity contribution >= 4 is 11.9 Å². The molecule has 1 aromatic carbocycles. The largest absolute Gasteiger partial charge is 0.458 e. The summed E-state index contributed by atoms with van der Waals surface area (Å²) < 4.78 is 10.7. The Balaban J connectivity index is 1.78. The van der Waals surface area contributed by atoms with Gasteiger partial charge in [-0.3, -0.25) is 0 Å². The topological polar surface area (TPSA) is 72.8 Å². The second kappa shape index (κ2) is 11.6. The Bertz CT molecular complexity index is 652. The van der Waals surface area contributed by atoms with Crippen molar-refractivity contribution in [3.8, 4) is 0 Å². The predicted molar refractivity (Wildman–Crippen MR) is 108 cm³/mol. The van der Waals surface area contributed by atoms with Crippen molar-refractivity contribution in [3.05, 3.63) is 47.5 Å². The lowest BCUT2D eigenvalue weighted by Gasteiger charge is -2.24. The molecule has 1 N–H and O–H groups in total. The van der Waals surface area contributed by atoms with Crippen molar-refractivity contribution in [1.29, 1.82) is 0 Å². The second-order valence-electron chi connectivity index (χ2n) is 7.49. The Morgan fingerprint density at radius 1 is 1.14 bits per heavy atom. The first-order valence-electron chi connectivity index (χ1n) is 10.4. The molecule has 2 rings (SSSR count). The van der Waals surface area contributed by atoms with E-state index in [2.05, 4.69) is 6.92 Å². The number of cyclic esters (lactones) is 1. The van der Waals surface area contributed by atoms with Crippen LogP contribution in [0.5, 0.6) is 0 Å². The lowest BCUT2D eigenvalue weighted by atomic mass is 9.98. The van der Waals surface area contributed by atoms with Crippen LogP contribution < -0.4 is 0 Å². The summed E-state index contributed by atoms with van der Waals surface area (Å²) in [5.41, 5.74) is -0.182. The van der Waals surface area contributed by atoms with E-state index in [-0.39, 0.29) is 19.6 Å². The molecule has 0 radical (unpaired) electrons. The fourth-order valence-electron chi connectivity index (χ4n) is 3.32. The van der Waals surface area contributed by atoms with E-state index in [0.29, 0.717) is 11.1 Å². The van der Waals surface area contributed by atoms with Gasteiger partial charge in [-0.15, -0.1) is 0 Å². The molecule has 1 unspecified atom stereocenters. The van der Waals surface area contributed by atoms with Crippen LogP contribution in [0.4, 0.5) is 0 Å². The van der Waals surface area contributed by atoms with Gasteiger partial charge in [0.2, 0.25) is 0 Å². The first-order valence-corrected chi connectivity index (χ1v) is 10.4. The first-order chi connectivity index (χ1) is 13.6. The van der Waals surface area contributed by atoms with Crippen LogP contribution in [0.2, 0.25) is 0 Å². The number of aliphatic hydroxyl groups is 1. The summed E-state index contributed by atoms with van der Waals surface area (Å²) in [6.07, 6.45) is 11.5. The molecular formula is C23H32O5. The van der Waals surface area contributed by atoms with Crippen LogP contribution in [0, 0.1) is 0 Å². The van der Waals surface area contributed by atoms with Crippen LogP contribution in [0.1, 0.15) is 75.1 Å². The monoisotopic (exact) mass is 388 g/mol. The van der Waals surface area contributed by atoms with Crippen LogP contribution in [-0.4, -0.2) is 35.9 Å². The van der Waals surface area contributed by atoms with E-state index in [1.54, 1.807) is 24.3 Å². The van der Waals surface area contributed by atoms with Crippen molar-refractivity contribution in [1.82, 2.24) is 0 Å². The molecule has 0 spiro atoms. The highest BCUT2D eigenvalue weighted by molar-refractivity contribution is 5.92. The summed E-state index contributed by atoms with van der Waals surface area (Å²) in [6.45, 7) is 1.68.